The van der Waals surface area contributed by atoms with Crippen LogP contribution in [0, 0.1) is 0 Å². The molecule has 6 nitrogen and oxygen atoms in total. The Kier molecular flexibility index (Phi) is 3.15. The fourth-order valence-electron chi connectivity index (χ4n) is 1.85. The molecule has 2 aromatic heterocycles. The molecule has 0 radical (unpaired) electrons. The molecular formula is C14H7ClN2O4. The summed E-state index contributed by atoms with van der Waals surface area (Å²) < 4.78 is 4.90. The van der Waals surface area contributed by atoms with Crippen LogP contribution in [-0.2, 0) is 0 Å². The lowest BCUT2D eigenvalue weighted by molar-refractivity contribution is 0.0660. The van der Waals surface area contributed by atoms with Gasteiger partial charge in [0.15, 0.2) is 0 Å². The summed E-state index contributed by atoms with van der Waals surface area (Å²) in [5.74, 6) is -2.45. The molecule has 3 rings (SSSR count). The average Bonchev–Trinajstić information content (AvgIpc) is 2.95. The van der Waals surface area contributed by atoms with Crippen molar-refractivity contribution in [3.8, 4) is 0 Å². The summed E-state index contributed by atoms with van der Waals surface area (Å²) in [6, 6.07) is 6.51. The van der Waals surface area contributed by atoms with Crippen molar-refractivity contribution in [1.29, 1.82) is 0 Å². The molecule has 0 aliphatic rings. The predicted octanol–water partition coefficient (Wildman–Crippen LogP) is 2.81. The molecule has 1 N–H and O–H groups in total. The van der Waals surface area contributed by atoms with Gasteiger partial charge >= 0.3 is 5.97 Å². The highest BCUT2D eigenvalue weighted by atomic mass is 35.5. The number of carbonyl (C=O) groups is 2. The van der Waals surface area contributed by atoms with Gasteiger partial charge in [-0.15, -0.1) is 0 Å². The van der Waals surface area contributed by atoms with E-state index in [1.807, 2.05) is 0 Å². The van der Waals surface area contributed by atoms with Crippen molar-refractivity contribution in [1.82, 2.24) is 9.97 Å². The lowest BCUT2D eigenvalue weighted by Gasteiger charge is -2.01. The fourth-order valence-corrected chi connectivity index (χ4v) is 2.01. The Labute approximate surface area is 123 Å². The van der Waals surface area contributed by atoms with Gasteiger partial charge in [-0.2, -0.15) is 0 Å². The first-order chi connectivity index (χ1) is 10.0. The molecule has 7 heteroatoms. The van der Waals surface area contributed by atoms with Gasteiger partial charge in [0, 0.05) is 17.1 Å². The zero-order valence-electron chi connectivity index (χ0n) is 10.4. The lowest BCUT2D eigenvalue weighted by Crippen LogP contribution is -2.01. The van der Waals surface area contributed by atoms with Crippen LogP contribution in [0.5, 0.6) is 0 Å². The number of hydrogen-bond acceptors (Lipinski definition) is 5. The van der Waals surface area contributed by atoms with Gasteiger partial charge in [0.1, 0.15) is 0 Å². The minimum atomic E-state index is -1.28. The molecule has 2 heterocycles. The van der Waals surface area contributed by atoms with E-state index in [-0.39, 0.29) is 11.7 Å². The zero-order valence-corrected chi connectivity index (χ0v) is 11.2. The fraction of sp³-hybridized carbons (Fsp3) is 0. The summed E-state index contributed by atoms with van der Waals surface area (Å²) in [7, 11) is 0. The number of halogens is 1. The quantitative estimate of drug-likeness (QED) is 0.748. The maximum atomic E-state index is 12.2. The number of aromatic nitrogens is 2. The number of aromatic carboxylic acids is 1. The molecule has 0 bridgehead atoms. The Morgan fingerprint density at radius 2 is 1.95 bits per heavy atom. The van der Waals surface area contributed by atoms with Crippen molar-refractivity contribution in [3.05, 3.63) is 58.9 Å². The van der Waals surface area contributed by atoms with Gasteiger partial charge in [-0.25, -0.2) is 9.78 Å². The number of fused-ring (bicyclic) bond motifs is 1. The summed E-state index contributed by atoms with van der Waals surface area (Å²) >= 11 is 5.86. The van der Waals surface area contributed by atoms with E-state index in [0.717, 1.165) is 6.20 Å². The van der Waals surface area contributed by atoms with Crippen LogP contribution in [0.4, 0.5) is 0 Å². The second-order valence-corrected chi connectivity index (χ2v) is 4.66. The van der Waals surface area contributed by atoms with Crippen LogP contribution in [0.25, 0.3) is 10.9 Å². The Bertz CT molecular complexity index is 872. The summed E-state index contributed by atoms with van der Waals surface area (Å²) in [6.45, 7) is 0. The number of benzene rings is 1. The van der Waals surface area contributed by atoms with Crippen LogP contribution in [0.2, 0.25) is 5.02 Å². The number of carbonyl (C=O) groups excluding carboxylic acids is 1. The van der Waals surface area contributed by atoms with E-state index in [4.69, 9.17) is 21.1 Å². The van der Waals surface area contributed by atoms with Crippen LogP contribution >= 0.6 is 11.6 Å². The minimum Gasteiger partial charge on any atom is -0.475 e. The molecule has 0 aliphatic heterocycles. The molecule has 0 atom stereocenters. The number of pyridine rings is 1. The second-order valence-electron chi connectivity index (χ2n) is 4.22. The summed E-state index contributed by atoms with van der Waals surface area (Å²) in [5.41, 5.74) is 1.000. The maximum absolute atomic E-state index is 12.2. The summed E-state index contributed by atoms with van der Waals surface area (Å²) in [6.07, 6.45) is 2.51. The molecular weight excluding hydrogens is 296 g/mol. The predicted molar refractivity (Wildman–Crippen MR) is 73.6 cm³/mol. The van der Waals surface area contributed by atoms with E-state index in [1.54, 1.807) is 24.3 Å². The first-order valence-electron chi connectivity index (χ1n) is 5.84. The minimum absolute atomic E-state index is 0.276. The van der Waals surface area contributed by atoms with Gasteiger partial charge in [-0.3, -0.25) is 9.78 Å². The van der Waals surface area contributed by atoms with Crippen molar-refractivity contribution in [3.63, 3.8) is 0 Å². The third-order valence-corrected chi connectivity index (χ3v) is 3.03. The van der Waals surface area contributed by atoms with Crippen molar-refractivity contribution in [2.75, 3.05) is 0 Å². The first kappa shape index (κ1) is 13.3. The smallest absolute Gasteiger partial charge is 0.373 e. The van der Waals surface area contributed by atoms with Crippen molar-refractivity contribution in [2.24, 2.45) is 0 Å². The standard InChI is InChI=1S/C14H7ClN2O4/c15-9-4-8-3-7(1-2-10(8)16-5-9)12(18)13-17-6-11(21-13)14(19)20/h1-6H,(H,19,20). The SMILES string of the molecule is O=C(O)c1cnc(C(=O)c2ccc3ncc(Cl)cc3c2)o1. The largest absolute Gasteiger partial charge is 0.475 e. The number of carboxylic acid groups (broad SMARTS) is 1. The first-order valence-corrected chi connectivity index (χ1v) is 6.21. The number of ketones is 1. The third kappa shape index (κ3) is 2.48. The Balaban J connectivity index is 2.02. The third-order valence-electron chi connectivity index (χ3n) is 2.82. The van der Waals surface area contributed by atoms with E-state index in [0.29, 0.717) is 21.5 Å². The molecule has 1 aromatic carbocycles. The molecule has 0 amide bonds. The monoisotopic (exact) mass is 302 g/mol. The molecule has 0 spiro atoms. The van der Waals surface area contributed by atoms with Gasteiger partial charge in [0.2, 0.25) is 11.5 Å². The Hall–Kier alpha value is -2.73. The topological polar surface area (TPSA) is 93.3 Å². The zero-order chi connectivity index (χ0) is 15.0. The van der Waals surface area contributed by atoms with Crippen molar-refractivity contribution in [2.45, 2.75) is 0 Å². The number of carboxylic acids is 1. The van der Waals surface area contributed by atoms with Crippen molar-refractivity contribution >= 4 is 34.3 Å². The molecule has 0 saturated carbocycles. The Morgan fingerprint density at radius 3 is 2.67 bits per heavy atom. The number of hydrogen-bond donors (Lipinski definition) is 1. The molecule has 104 valence electrons. The second kappa shape index (κ2) is 4.99. The van der Waals surface area contributed by atoms with E-state index in [9.17, 15) is 9.59 Å². The molecule has 0 saturated heterocycles. The highest BCUT2D eigenvalue weighted by Gasteiger charge is 2.18. The van der Waals surface area contributed by atoms with Gasteiger partial charge in [0.05, 0.1) is 16.7 Å². The van der Waals surface area contributed by atoms with E-state index in [2.05, 4.69) is 9.97 Å². The maximum Gasteiger partial charge on any atom is 0.373 e. The Morgan fingerprint density at radius 1 is 1.14 bits per heavy atom. The molecule has 0 fully saturated rings. The summed E-state index contributed by atoms with van der Waals surface area (Å²) in [4.78, 5) is 30.7. The van der Waals surface area contributed by atoms with Gasteiger partial charge in [-0.1, -0.05) is 11.6 Å². The van der Waals surface area contributed by atoms with E-state index in [1.165, 1.54) is 6.20 Å². The van der Waals surface area contributed by atoms with Gasteiger partial charge in [0.25, 0.3) is 5.89 Å². The van der Waals surface area contributed by atoms with Gasteiger partial charge < -0.3 is 9.52 Å². The number of oxazole rings is 1. The number of rotatable bonds is 3. The van der Waals surface area contributed by atoms with Crippen LogP contribution in [0.3, 0.4) is 0 Å². The lowest BCUT2D eigenvalue weighted by atomic mass is 10.1. The average molecular weight is 303 g/mol. The summed E-state index contributed by atoms with van der Waals surface area (Å²) in [5, 5.41) is 9.90. The molecule has 3 aromatic rings. The van der Waals surface area contributed by atoms with Crippen molar-refractivity contribution < 1.29 is 19.1 Å². The van der Waals surface area contributed by atoms with E-state index < -0.39 is 11.8 Å². The van der Waals surface area contributed by atoms with E-state index >= 15 is 0 Å². The number of nitrogens with zero attached hydrogens (tertiary/aromatic N) is 2. The highest BCUT2D eigenvalue weighted by molar-refractivity contribution is 6.31. The normalized spacial score (nSPS) is 10.7. The van der Waals surface area contributed by atoms with Crippen LogP contribution < -0.4 is 0 Å². The van der Waals surface area contributed by atoms with Crippen LogP contribution in [-0.4, -0.2) is 26.8 Å². The molecule has 0 aliphatic carbocycles. The highest BCUT2D eigenvalue weighted by Crippen LogP contribution is 2.20. The molecule has 0 unspecified atom stereocenters. The van der Waals surface area contributed by atoms with Crippen LogP contribution in [0.1, 0.15) is 26.8 Å². The van der Waals surface area contributed by atoms with Gasteiger partial charge in [-0.05, 0) is 24.3 Å². The van der Waals surface area contributed by atoms with Crippen LogP contribution in [0.15, 0.2) is 41.1 Å². The molecule has 21 heavy (non-hydrogen) atoms.